The molecule has 1 N–H and O–H groups in total. The maximum Gasteiger partial charge on any atom is 0.123 e. The minimum absolute atomic E-state index is 0.502. The molecule has 1 aliphatic heterocycles. The molecule has 0 fully saturated rings. The van der Waals surface area contributed by atoms with Gasteiger partial charge in [-0.3, -0.25) is 0 Å². The summed E-state index contributed by atoms with van der Waals surface area (Å²) in [7, 11) is 0. The molecule has 2 rings (SSSR count). The highest BCUT2D eigenvalue weighted by Gasteiger charge is 2.09. The van der Waals surface area contributed by atoms with E-state index in [1.54, 1.807) is 0 Å². The third-order valence-electron chi connectivity index (χ3n) is 3.36. The van der Waals surface area contributed by atoms with E-state index in [1.807, 2.05) is 0 Å². The predicted octanol–water partition coefficient (Wildman–Crippen LogP) is 3.42. The van der Waals surface area contributed by atoms with Crippen molar-refractivity contribution >= 4 is 0 Å². The normalized spacial score (nSPS) is 15.7. The summed E-state index contributed by atoms with van der Waals surface area (Å²) >= 11 is 0. The van der Waals surface area contributed by atoms with E-state index in [0.29, 0.717) is 5.92 Å². The van der Waals surface area contributed by atoms with Crippen LogP contribution < -0.4 is 10.1 Å². The number of rotatable bonds is 4. The van der Waals surface area contributed by atoms with Crippen LogP contribution in [0.15, 0.2) is 29.8 Å². The quantitative estimate of drug-likeness (QED) is 0.821. The van der Waals surface area contributed by atoms with E-state index < -0.39 is 0 Å². The lowest BCUT2D eigenvalue weighted by Crippen LogP contribution is -2.22. The summed E-state index contributed by atoms with van der Waals surface area (Å²) in [4.78, 5) is 0. The zero-order chi connectivity index (χ0) is 13.0. The van der Waals surface area contributed by atoms with Gasteiger partial charge in [-0.1, -0.05) is 32.1 Å². The van der Waals surface area contributed by atoms with Gasteiger partial charge in [-0.15, -0.1) is 0 Å². The SMILES string of the molecule is Cc1ccc(C(C)C)c(OCC2=CCNCC2)c1. The first kappa shape index (κ1) is 13.2. The molecule has 1 heterocycles. The number of hydrogen-bond donors (Lipinski definition) is 1. The van der Waals surface area contributed by atoms with Crippen molar-refractivity contribution in [2.75, 3.05) is 19.7 Å². The third kappa shape index (κ3) is 3.36. The van der Waals surface area contributed by atoms with E-state index in [-0.39, 0.29) is 0 Å². The molecule has 0 aliphatic carbocycles. The summed E-state index contributed by atoms with van der Waals surface area (Å²) in [6.07, 6.45) is 3.34. The lowest BCUT2D eigenvalue weighted by atomic mass is 10.0. The Balaban J connectivity index is 2.07. The van der Waals surface area contributed by atoms with E-state index in [0.717, 1.165) is 31.9 Å². The van der Waals surface area contributed by atoms with E-state index in [1.165, 1.54) is 16.7 Å². The fourth-order valence-corrected chi connectivity index (χ4v) is 2.21. The molecule has 98 valence electrons. The first-order valence-electron chi connectivity index (χ1n) is 6.79. The number of ether oxygens (including phenoxy) is 1. The number of aryl methyl sites for hydroxylation is 1. The Kier molecular flexibility index (Phi) is 4.43. The zero-order valence-electron chi connectivity index (χ0n) is 11.6. The highest BCUT2D eigenvalue weighted by atomic mass is 16.5. The van der Waals surface area contributed by atoms with E-state index in [9.17, 15) is 0 Å². The van der Waals surface area contributed by atoms with Crippen LogP contribution in [0.4, 0.5) is 0 Å². The topological polar surface area (TPSA) is 21.3 Å². The monoisotopic (exact) mass is 245 g/mol. The van der Waals surface area contributed by atoms with Crippen LogP contribution in [0.2, 0.25) is 0 Å². The lowest BCUT2D eigenvalue weighted by Gasteiger charge is -2.18. The minimum atomic E-state index is 0.502. The Labute approximate surface area is 110 Å². The van der Waals surface area contributed by atoms with Gasteiger partial charge in [0.1, 0.15) is 12.4 Å². The Bertz CT molecular complexity index is 435. The number of hydrogen-bond acceptors (Lipinski definition) is 2. The molecule has 1 aliphatic rings. The average molecular weight is 245 g/mol. The van der Waals surface area contributed by atoms with Crippen LogP contribution in [0.5, 0.6) is 5.75 Å². The summed E-state index contributed by atoms with van der Waals surface area (Å²) in [6, 6.07) is 6.50. The zero-order valence-corrected chi connectivity index (χ0v) is 11.6. The van der Waals surface area contributed by atoms with Crippen molar-refractivity contribution in [2.45, 2.75) is 33.1 Å². The van der Waals surface area contributed by atoms with Crippen LogP contribution >= 0.6 is 0 Å². The van der Waals surface area contributed by atoms with Gasteiger partial charge >= 0.3 is 0 Å². The largest absolute Gasteiger partial charge is 0.489 e. The molecule has 1 aromatic carbocycles. The highest BCUT2D eigenvalue weighted by Crippen LogP contribution is 2.28. The molecule has 0 saturated heterocycles. The lowest BCUT2D eigenvalue weighted by molar-refractivity contribution is 0.339. The summed E-state index contributed by atoms with van der Waals surface area (Å²) in [5.41, 5.74) is 3.97. The van der Waals surface area contributed by atoms with Crippen molar-refractivity contribution < 1.29 is 4.74 Å². The molecule has 0 atom stereocenters. The van der Waals surface area contributed by atoms with Gasteiger partial charge < -0.3 is 10.1 Å². The van der Waals surface area contributed by atoms with Crippen molar-refractivity contribution in [1.29, 1.82) is 0 Å². The van der Waals surface area contributed by atoms with Gasteiger partial charge in [-0.05, 0) is 48.6 Å². The molecule has 0 radical (unpaired) electrons. The Morgan fingerprint density at radius 1 is 1.33 bits per heavy atom. The maximum atomic E-state index is 6.02. The van der Waals surface area contributed by atoms with E-state index >= 15 is 0 Å². The smallest absolute Gasteiger partial charge is 0.123 e. The molecule has 2 nitrogen and oxygen atoms in total. The van der Waals surface area contributed by atoms with Gasteiger partial charge in [0.25, 0.3) is 0 Å². The second kappa shape index (κ2) is 6.05. The standard InChI is InChI=1S/C16H23NO/c1-12(2)15-5-4-13(3)10-16(15)18-11-14-6-8-17-9-7-14/h4-6,10,12,17H,7-9,11H2,1-3H3. The van der Waals surface area contributed by atoms with Gasteiger partial charge in [-0.2, -0.15) is 0 Å². The van der Waals surface area contributed by atoms with Crippen molar-refractivity contribution in [1.82, 2.24) is 5.32 Å². The second-order valence-electron chi connectivity index (χ2n) is 5.30. The first-order valence-corrected chi connectivity index (χ1v) is 6.79. The molecule has 18 heavy (non-hydrogen) atoms. The van der Waals surface area contributed by atoms with Crippen molar-refractivity contribution in [3.63, 3.8) is 0 Å². The molecule has 0 saturated carbocycles. The average Bonchev–Trinajstić information content (AvgIpc) is 2.37. The van der Waals surface area contributed by atoms with Gasteiger partial charge in [-0.25, -0.2) is 0 Å². The molecular formula is C16H23NO. The Morgan fingerprint density at radius 3 is 2.83 bits per heavy atom. The van der Waals surface area contributed by atoms with E-state index in [2.05, 4.69) is 50.4 Å². The summed E-state index contributed by atoms with van der Waals surface area (Å²) < 4.78 is 6.02. The second-order valence-corrected chi connectivity index (χ2v) is 5.30. The van der Waals surface area contributed by atoms with Crippen LogP contribution in [-0.4, -0.2) is 19.7 Å². The van der Waals surface area contributed by atoms with E-state index in [4.69, 9.17) is 4.74 Å². The molecular weight excluding hydrogens is 222 g/mol. The minimum Gasteiger partial charge on any atom is -0.489 e. The predicted molar refractivity (Wildman–Crippen MR) is 76.3 cm³/mol. The summed E-state index contributed by atoms with van der Waals surface area (Å²) in [5, 5.41) is 3.32. The number of nitrogens with one attached hydrogen (secondary N) is 1. The Hall–Kier alpha value is -1.28. The molecule has 0 amide bonds. The molecule has 2 heteroatoms. The summed E-state index contributed by atoms with van der Waals surface area (Å²) in [6.45, 7) is 9.30. The Morgan fingerprint density at radius 2 is 2.17 bits per heavy atom. The molecule has 0 unspecified atom stereocenters. The van der Waals surface area contributed by atoms with Crippen LogP contribution in [0.25, 0.3) is 0 Å². The summed E-state index contributed by atoms with van der Waals surface area (Å²) in [5.74, 6) is 1.55. The third-order valence-corrected chi connectivity index (χ3v) is 3.36. The highest BCUT2D eigenvalue weighted by molar-refractivity contribution is 5.39. The van der Waals surface area contributed by atoms with Gasteiger partial charge in [0.05, 0.1) is 0 Å². The molecule has 1 aromatic rings. The van der Waals surface area contributed by atoms with Crippen LogP contribution in [0.1, 0.15) is 37.3 Å². The van der Waals surface area contributed by atoms with Crippen LogP contribution in [0.3, 0.4) is 0 Å². The fraction of sp³-hybridized carbons (Fsp3) is 0.500. The molecule has 0 spiro atoms. The molecule has 0 bridgehead atoms. The fourth-order valence-electron chi connectivity index (χ4n) is 2.21. The van der Waals surface area contributed by atoms with Gasteiger partial charge in [0.2, 0.25) is 0 Å². The van der Waals surface area contributed by atoms with Crippen LogP contribution in [-0.2, 0) is 0 Å². The number of benzene rings is 1. The van der Waals surface area contributed by atoms with Crippen molar-refractivity contribution in [3.8, 4) is 5.75 Å². The van der Waals surface area contributed by atoms with Gasteiger partial charge in [0.15, 0.2) is 0 Å². The van der Waals surface area contributed by atoms with Gasteiger partial charge in [0, 0.05) is 6.54 Å². The van der Waals surface area contributed by atoms with Crippen molar-refractivity contribution in [3.05, 3.63) is 41.0 Å². The molecule has 0 aromatic heterocycles. The van der Waals surface area contributed by atoms with Crippen LogP contribution in [0, 0.1) is 6.92 Å². The maximum absolute atomic E-state index is 6.02. The van der Waals surface area contributed by atoms with Crippen molar-refractivity contribution in [2.24, 2.45) is 0 Å². The first-order chi connectivity index (χ1) is 8.66.